The number of non-ortho nitro benzene ring substituents is 1. The number of nitrogens with zero attached hydrogens (tertiary/aromatic N) is 2. The number of hydrogen-bond acceptors (Lipinski definition) is 6. The smallest absolute Gasteiger partial charge is 0.271 e. The molecule has 0 fully saturated rings. The van der Waals surface area contributed by atoms with Gasteiger partial charge in [-0.2, -0.15) is 0 Å². The van der Waals surface area contributed by atoms with Crippen molar-refractivity contribution in [3.05, 3.63) is 52.6 Å². The predicted octanol–water partition coefficient (Wildman–Crippen LogP) is 3.22. The number of rotatable bonds is 8. The summed E-state index contributed by atoms with van der Waals surface area (Å²) >= 11 is 0. The van der Waals surface area contributed by atoms with Crippen molar-refractivity contribution >= 4 is 21.4 Å². The normalized spacial score (nSPS) is 11.0. The first-order chi connectivity index (χ1) is 12.3. The number of ether oxygens (including phenoxy) is 2. The average molecular weight is 380 g/mol. The summed E-state index contributed by atoms with van der Waals surface area (Å²) in [4.78, 5) is 10.5. The minimum Gasteiger partial charge on any atom is -0.495 e. The number of nitro groups is 1. The largest absolute Gasteiger partial charge is 0.495 e. The Balaban J connectivity index is 2.52. The molecule has 2 aromatic carbocycles. The fourth-order valence-electron chi connectivity index (χ4n) is 2.46. The van der Waals surface area contributed by atoms with Gasteiger partial charge in [0.15, 0.2) is 0 Å². The minimum absolute atomic E-state index is 0.0522. The molecule has 0 spiro atoms. The van der Waals surface area contributed by atoms with Crippen molar-refractivity contribution in [3.63, 3.8) is 0 Å². The van der Waals surface area contributed by atoms with E-state index in [1.54, 1.807) is 19.1 Å². The molecule has 0 atom stereocenters. The van der Waals surface area contributed by atoms with Gasteiger partial charge >= 0.3 is 0 Å². The first-order valence-corrected chi connectivity index (χ1v) is 9.37. The molecule has 8 nitrogen and oxygen atoms in total. The van der Waals surface area contributed by atoms with Gasteiger partial charge in [0.1, 0.15) is 17.2 Å². The zero-order valence-electron chi connectivity index (χ0n) is 14.7. The second-order valence-corrected chi connectivity index (χ2v) is 7.05. The van der Waals surface area contributed by atoms with Crippen LogP contribution in [0.3, 0.4) is 0 Å². The van der Waals surface area contributed by atoms with Crippen LogP contribution in [0, 0.1) is 10.1 Å². The van der Waals surface area contributed by atoms with E-state index in [1.165, 1.54) is 37.4 Å². The third kappa shape index (κ3) is 3.88. The van der Waals surface area contributed by atoms with Gasteiger partial charge in [0, 0.05) is 18.7 Å². The summed E-state index contributed by atoms with van der Waals surface area (Å²) in [5.74, 6) is 0.786. The van der Waals surface area contributed by atoms with E-state index in [1.807, 2.05) is 6.92 Å². The molecule has 0 heterocycles. The third-order valence-electron chi connectivity index (χ3n) is 3.65. The highest BCUT2D eigenvalue weighted by molar-refractivity contribution is 7.92. The van der Waals surface area contributed by atoms with Crippen LogP contribution in [0.1, 0.15) is 13.8 Å². The molecule has 0 aromatic heterocycles. The molecular formula is C17H20N2O6S. The summed E-state index contributed by atoms with van der Waals surface area (Å²) in [6.07, 6.45) is 0. The van der Waals surface area contributed by atoms with Crippen LogP contribution in [0.4, 0.5) is 11.4 Å². The Hall–Kier alpha value is -2.81. The average Bonchev–Trinajstić information content (AvgIpc) is 2.62. The van der Waals surface area contributed by atoms with E-state index in [0.29, 0.717) is 12.4 Å². The van der Waals surface area contributed by atoms with E-state index in [-0.39, 0.29) is 28.6 Å². The first-order valence-electron chi connectivity index (χ1n) is 7.93. The Morgan fingerprint density at radius 2 is 1.77 bits per heavy atom. The second-order valence-electron chi connectivity index (χ2n) is 5.19. The summed E-state index contributed by atoms with van der Waals surface area (Å²) in [5, 5.41) is 11.1. The molecule has 0 aliphatic carbocycles. The van der Waals surface area contributed by atoms with Gasteiger partial charge in [0.25, 0.3) is 15.7 Å². The Kier molecular flexibility index (Phi) is 6.04. The molecule has 0 radical (unpaired) electrons. The van der Waals surface area contributed by atoms with E-state index >= 15 is 0 Å². The summed E-state index contributed by atoms with van der Waals surface area (Å²) < 4.78 is 37.7. The molecule has 0 unspecified atom stereocenters. The van der Waals surface area contributed by atoms with E-state index in [2.05, 4.69) is 0 Å². The summed E-state index contributed by atoms with van der Waals surface area (Å²) in [5.41, 5.74) is -0.112. The Morgan fingerprint density at radius 3 is 2.27 bits per heavy atom. The highest BCUT2D eigenvalue weighted by atomic mass is 32.2. The van der Waals surface area contributed by atoms with Gasteiger partial charge in [-0.15, -0.1) is 0 Å². The Bertz CT molecular complexity index is 881. The maximum Gasteiger partial charge on any atom is 0.271 e. The van der Waals surface area contributed by atoms with E-state index in [9.17, 15) is 18.5 Å². The highest BCUT2D eigenvalue weighted by Crippen LogP contribution is 2.35. The van der Waals surface area contributed by atoms with Crippen molar-refractivity contribution in [2.75, 3.05) is 24.6 Å². The van der Waals surface area contributed by atoms with Crippen LogP contribution in [-0.4, -0.2) is 33.6 Å². The second kappa shape index (κ2) is 8.05. The lowest BCUT2D eigenvalue weighted by Gasteiger charge is -2.24. The molecule has 2 rings (SSSR count). The van der Waals surface area contributed by atoms with Gasteiger partial charge < -0.3 is 9.47 Å². The van der Waals surface area contributed by atoms with Crippen molar-refractivity contribution in [1.29, 1.82) is 0 Å². The fourth-order valence-corrected chi connectivity index (χ4v) is 3.93. The Labute approximate surface area is 152 Å². The van der Waals surface area contributed by atoms with Crippen LogP contribution < -0.4 is 13.8 Å². The molecule has 9 heteroatoms. The molecule has 26 heavy (non-hydrogen) atoms. The zero-order valence-corrected chi connectivity index (χ0v) is 15.5. The zero-order chi connectivity index (χ0) is 19.3. The van der Waals surface area contributed by atoms with Gasteiger partial charge in [-0.25, -0.2) is 8.42 Å². The molecule has 0 amide bonds. The fraction of sp³-hybridized carbons (Fsp3) is 0.294. The molecule has 2 aromatic rings. The monoisotopic (exact) mass is 380 g/mol. The summed E-state index contributed by atoms with van der Waals surface area (Å²) in [6.45, 7) is 4.02. The molecule has 0 bridgehead atoms. The molecule has 0 aliphatic heterocycles. The van der Waals surface area contributed by atoms with E-state index < -0.39 is 14.9 Å². The van der Waals surface area contributed by atoms with Crippen molar-refractivity contribution in [2.45, 2.75) is 18.7 Å². The maximum absolute atomic E-state index is 13.0. The molecule has 0 saturated heterocycles. The van der Waals surface area contributed by atoms with Gasteiger partial charge in [0.05, 0.1) is 23.5 Å². The van der Waals surface area contributed by atoms with Gasteiger partial charge in [-0.3, -0.25) is 14.4 Å². The molecule has 140 valence electrons. The van der Waals surface area contributed by atoms with Gasteiger partial charge in [0.2, 0.25) is 0 Å². The summed E-state index contributed by atoms with van der Waals surface area (Å²) in [7, 11) is -2.56. The minimum atomic E-state index is -3.94. The SMILES string of the molecule is CCOc1ccc(S(=O)(=O)N(CC)c2cc([N+](=O)[O-])ccc2OC)cc1. The number of methoxy groups -OCH3 is 1. The predicted molar refractivity (Wildman–Crippen MR) is 97.5 cm³/mol. The molecule has 0 aliphatic rings. The van der Waals surface area contributed by atoms with Crippen LogP contribution in [0.15, 0.2) is 47.4 Å². The first kappa shape index (κ1) is 19.5. The van der Waals surface area contributed by atoms with Crippen molar-refractivity contribution < 1.29 is 22.8 Å². The lowest BCUT2D eigenvalue weighted by molar-refractivity contribution is -0.384. The number of benzene rings is 2. The number of nitro benzene ring substituents is 1. The van der Waals surface area contributed by atoms with Crippen molar-refractivity contribution in [1.82, 2.24) is 0 Å². The number of sulfonamides is 1. The number of hydrogen-bond donors (Lipinski definition) is 0. The number of anilines is 1. The lowest BCUT2D eigenvalue weighted by Crippen LogP contribution is -2.31. The van der Waals surface area contributed by atoms with Crippen LogP contribution >= 0.6 is 0 Å². The van der Waals surface area contributed by atoms with E-state index in [4.69, 9.17) is 9.47 Å². The van der Waals surface area contributed by atoms with Crippen molar-refractivity contribution in [3.8, 4) is 11.5 Å². The van der Waals surface area contributed by atoms with Crippen LogP contribution in [-0.2, 0) is 10.0 Å². The topological polar surface area (TPSA) is 99.0 Å². The quantitative estimate of drug-likeness (QED) is 0.515. The molecular weight excluding hydrogens is 360 g/mol. The maximum atomic E-state index is 13.0. The van der Waals surface area contributed by atoms with E-state index in [0.717, 1.165) is 4.31 Å². The van der Waals surface area contributed by atoms with Crippen molar-refractivity contribution in [2.24, 2.45) is 0 Å². The van der Waals surface area contributed by atoms with Crippen LogP contribution in [0.5, 0.6) is 11.5 Å². The third-order valence-corrected chi connectivity index (χ3v) is 5.55. The van der Waals surface area contributed by atoms with Gasteiger partial charge in [-0.05, 0) is 44.2 Å². The Morgan fingerprint density at radius 1 is 1.12 bits per heavy atom. The molecule has 0 N–H and O–H groups in total. The van der Waals surface area contributed by atoms with Crippen LogP contribution in [0.2, 0.25) is 0 Å². The standard InChI is InChI=1S/C17H20N2O6S/c1-4-18(16-12-13(19(20)21)6-11-17(16)24-3)26(22,23)15-9-7-14(8-10-15)25-5-2/h6-12H,4-5H2,1-3H3. The molecule has 0 saturated carbocycles. The summed E-state index contributed by atoms with van der Waals surface area (Å²) in [6, 6.07) is 9.83. The van der Waals surface area contributed by atoms with Crippen LogP contribution in [0.25, 0.3) is 0 Å². The van der Waals surface area contributed by atoms with Gasteiger partial charge in [-0.1, -0.05) is 0 Å². The highest BCUT2D eigenvalue weighted by Gasteiger charge is 2.27. The lowest BCUT2D eigenvalue weighted by atomic mass is 10.2.